The second-order valence-corrected chi connectivity index (χ2v) is 4.61. The molecule has 3 rings (SSSR count). The summed E-state index contributed by atoms with van der Waals surface area (Å²) < 4.78 is 0. The molecule has 0 saturated heterocycles. The number of carbonyl (C=O) groups is 1. The van der Waals surface area contributed by atoms with Gasteiger partial charge in [0.15, 0.2) is 0 Å². The maximum Gasteiger partial charge on any atom is 0.258 e. The van der Waals surface area contributed by atoms with Crippen molar-refractivity contribution in [1.29, 1.82) is 0 Å². The molecule has 1 aliphatic rings. The third kappa shape index (κ3) is 1.89. The maximum absolute atomic E-state index is 12.3. The molecule has 0 radical (unpaired) electrons. The van der Waals surface area contributed by atoms with Gasteiger partial charge < -0.3 is 10.6 Å². The molecule has 1 heterocycles. The SMILES string of the molecule is CN1C(=O)/C(=C\c2ccc(N)cc2)c2ccccc21. The van der Waals surface area contributed by atoms with Crippen molar-refractivity contribution in [3.8, 4) is 0 Å². The highest BCUT2D eigenvalue weighted by Gasteiger charge is 2.28. The number of likely N-dealkylation sites (N-methyl/N-ethyl adjacent to an activating group) is 1. The number of carbonyl (C=O) groups excluding carboxylic acids is 1. The Kier molecular flexibility index (Phi) is 2.60. The fourth-order valence-electron chi connectivity index (χ4n) is 2.30. The van der Waals surface area contributed by atoms with E-state index >= 15 is 0 Å². The molecule has 2 aromatic rings. The van der Waals surface area contributed by atoms with Crippen molar-refractivity contribution in [3.05, 3.63) is 59.7 Å². The van der Waals surface area contributed by atoms with Gasteiger partial charge in [0.05, 0.1) is 5.69 Å². The highest BCUT2D eigenvalue weighted by atomic mass is 16.2. The van der Waals surface area contributed by atoms with Gasteiger partial charge in [0, 0.05) is 23.9 Å². The summed E-state index contributed by atoms with van der Waals surface area (Å²) in [6.07, 6.45) is 1.91. The minimum Gasteiger partial charge on any atom is -0.399 e. The number of amides is 1. The molecule has 3 nitrogen and oxygen atoms in total. The molecule has 94 valence electrons. The number of hydrogen-bond acceptors (Lipinski definition) is 2. The lowest BCUT2D eigenvalue weighted by atomic mass is 10.0. The van der Waals surface area contributed by atoms with Crippen LogP contribution < -0.4 is 10.6 Å². The fraction of sp³-hybridized carbons (Fsp3) is 0.0625. The molecule has 0 unspecified atom stereocenters. The van der Waals surface area contributed by atoms with Gasteiger partial charge in [-0.25, -0.2) is 0 Å². The number of nitrogens with two attached hydrogens (primary N) is 1. The number of benzene rings is 2. The molecule has 0 saturated carbocycles. The van der Waals surface area contributed by atoms with Crippen LogP contribution in [0.1, 0.15) is 11.1 Å². The van der Waals surface area contributed by atoms with Crippen LogP contribution in [-0.4, -0.2) is 13.0 Å². The summed E-state index contributed by atoms with van der Waals surface area (Å²) in [5.41, 5.74) is 10.0. The van der Waals surface area contributed by atoms with Gasteiger partial charge in [-0.1, -0.05) is 30.3 Å². The van der Waals surface area contributed by atoms with E-state index in [0.717, 1.165) is 28.1 Å². The molecule has 1 aliphatic heterocycles. The Bertz CT molecular complexity index is 671. The van der Waals surface area contributed by atoms with Crippen LogP contribution in [0, 0.1) is 0 Å². The Morgan fingerprint density at radius 1 is 1.05 bits per heavy atom. The molecule has 0 bridgehead atoms. The van der Waals surface area contributed by atoms with Gasteiger partial charge in [0.25, 0.3) is 5.91 Å². The molecule has 2 aromatic carbocycles. The van der Waals surface area contributed by atoms with Crippen molar-refractivity contribution >= 4 is 28.9 Å². The van der Waals surface area contributed by atoms with E-state index in [1.54, 1.807) is 11.9 Å². The number of rotatable bonds is 1. The fourth-order valence-corrected chi connectivity index (χ4v) is 2.30. The summed E-state index contributed by atoms with van der Waals surface area (Å²) in [7, 11) is 1.80. The minimum absolute atomic E-state index is 0.0259. The lowest BCUT2D eigenvalue weighted by molar-refractivity contribution is -0.112. The predicted molar refractivity (Wildman–Crippen MR) is 78.6 cm³/mol. The largest absolute Gasteiger partial charge is 0.399 e. The number of fused-ring (bicyclic) bond motifs is 1. The van der Waals surface area contributed by atoms with Gasteiger partial charge in [-0.3, -0.25) is 4.79 Å². The molecule has 19 heavy (non-hydrogen) atoms. The second kappa shape index (κ2) is 4.28. The molecular formula is C16H14N2O. The summed E-state index contributed by atoms with van der Waals surface area (Å²) in [5, 5.41) is 0. The monoisotopic (exact) mass is 250 g/mol. The van der Waals surface area contributed by atoms with Gasteiger partial charge in [-0.2, -0.15) is 0 Å². The number of hydrogen-bond donors (Lipinski definition) is 1. The summed E-state index contributed by atoms with van der Waals surface area (Å²) in [4.78, 5) is 13.9. The number of anilines is 2. The molecule has 0 spiro atoms. The van der Waals surface area contributed by atoms with E-state index in [0.29, 0.717) is 0 Å². The first kappa shape index (κ1) is 11.5. The van der Waals surface area contributed by atoms with Crippen LogP contribution in [0.4, 0.5) is 11.4 Å². The summed E-state index contributed by atoms with van der Waals surface area (Å²) in [5.74, 6) is 0.0259. The molecule has 0 aromatic heterocycles. The summed E-state index contributed by atoms with van der Waals surface area (Å²) >= 11 is 0. The predicted octanol–water partition coefficient (Wildman–Crippen LogP) is 2.79. The minimum atomic E-state index is 0.0259. The van der Waals surface area contributed by atoms with Crippen LogP contribution in [0.25, 0.3) is 11.6 Å². The van der Waals surface area contributed by atoms with Crippen LogP contribution in [0.3, 0.4) is 0 Å². The summed E-state index contributed by atoms with van der Waals surface area (Å²) in [6, 6.07) is 15.3. The van der Waals surface area contributed by atoms with Crippen molar-refractivity contribution in [2.45, 2.75) is 0 Å². The second-order valence-electron chi connectivity index (χ2n) is 4.61. The van der Waals surface area contributed by atoms with Crippen molar-refractivity contribution in [2.75, 3.05) is 17.7 Å². The molecule has 1 amide bonds. The zero-order valence-electron chi connectivity index (χ0n) is 10.6. The average molecular weight is 250 g/mol. The van der Waals surface area contributed by atoms with Crippen LogP contribution in [0.15, 0.2) is 48.5 Å². The van der Waals surface area contributed by atoms with Crippen molar-refractivity contribution in [1.82, 2.24) is 0 Å². The molecular weight excluding hydrogens is 236 g/mol. The van der Waals surface area contributed by atoms with Gasteiger partial charge >= 0.3 is 0 Å². The first-order valence-corrected chi connectivity index (χ1v) is 6.11. The molecule has 2 N–H and O–H groups in total. The van der Waals surface area contributed by atoms with Crippen LogP contribution in [0.5, 0.6) is 0 Å². The topological polar surface area (TPSA) is 46.3 Å². The zero-order chi connectivity index (χ0) is 13.4. The van der Waals surface area contributed by atoms with E-state index < -0.39 is 0 Å². The average Bonchev–Trinajstić information content (AvgIpc) is 2.67. The Morgan fingerprint density at radius 2 is 1.74 bits per heavy atom. The van der Waals surface area contributed by atoms with Gasteiger partial charge in [-0.15, -0.1) is 0 Å². The number of nitrogen functional groups attached to an aromatic ring is 1. The molecule has 0 aliphatic carbocycles. The van der Waals surface area contributed by atoms with Crippen molar-refractivity contribution in [2.24, 2.45) is 0 Å². The summed E-state index contributed by atoms with van der Waals surface area (Å²) in [6.45, 7) is 0. The number of para-hydroxylation sites is 1. The Labute approximate surface area is 112 Å². The zero-order valence-corrected chi connectivity index (χ0v) is 10.6. The first-order chi connectivity index (χ1) is 9.16. The highest BCUT2D eigenvalue weighted by molar-refractivity contribution is 6.35. The van der Waals surface area contributed by atoms with Crippen molar-refractivity contribution in [3.63, 3.8) is 0 Å². The quantitative estimate of drug-likeness (QED) is 0.625. The van der Waals surface area contributed by atoms with Crippen LogP contribution >= 0.6 is 0 Å². The Hall–Kier alpha value is -2.55. The van der Waals surface area contributed by atoms with E-state index in [1.165, 1.54) is 0 Å². The van der Waals surface area contributed by atoms with E-state index in [-0.39, 0.29) is 5.91 Å². The lowest BCUT2D eigenvalue weighted by Crippen LogP contribution is -2.20. The van der Waals surface area contributed by atoms with Crippen molar-refractivity contribution < 1.29 is 4.79 Å². The van der Waals surface area contributed by atoms with E-state index in [4.69, 9.17) is 5.73 Å². The third-order valence-electron chi connectivity index (χ3n) is 3.34. The Morgan fingerprint density at radius 3 is 2.47 bits per heavy atom. The van der Waals surface area contributed by atoms with E-state index in [1.807, 2.05) is 54.6 Å². The van der Waals surface area contributed by atoms with E-state index in [2.05, 4.69) is 0 Å². The normalized spacial score (nSPS) is 15.9. The lowest BCUT2D eigenvalue weighted by Gasteiger charge is -2.07. The van der Waals surface area contributed by atoms with Gasteiger partial charge in [-0.05, 0) is 29.8 Å². The van der Waals surface area contributed by atoms with Gasteiger partial charge in [0.1, 0.15) is 0 Å². The smallest absolute Gasteiger partial charge is 0.258 e. The van der Waals surface area contributed by atoms with Gasteiger partial charge in [0.2, 0.25) is 0 Å². The standard InChI is InChI=1S/C16H14N2O/c1-18-15-5-3-2-4-13(15)14(16(18)19)10-11-6-8-12(17)9-7-11/h2-10H,17H2,1H3/b14-10-. The molecule has 0 fully saturated rings. The Balaban J connectivity index is 2.10. The highest BCUT2D eigenvalue weighted by Crippen LogP contribution is 2.36. The van der Waals surface area contributed by atoms with E-state index in [9.17, 15) is 4.79 Å². The molecule has 0 atom stereocenters. The first-order valence-electron chi connectivity index (χ1n) is 6.11. The number of nitrogens with zero attached hydrogens (tertiary/aromatic N) is 1. The van der Waals surface area contributed by atoms with Crippen LogP contribution in [0.2, 0.25) is 0 Å². The molecule has 3 heteroatoms. The maximum atomic E-state index is 12.3. The van der Waals surface area contributed by atoms with Crippen LogP contribution in [-0.2, 0) is 4.79 Å². The third-order valence-corrected chi connectivity index (χ3v) is 3.34.